The summed E-state index contributed by atoms with van der Waals surface area (Å²) in [5.74, 6) is -4.78. The highest BCUT2D eigenvalue weighted by Crippen LogP contribution is 2.37. The first kappa shape index (κ1) is 20.1. The van der Waals surface area contributed by atoms with Gasteiger partial charge in [-0.15, -0.1) is 0 Å². The van der Waals surface area contributed by atoms with Crippen LogP contribution < -0.4 is 4.74 Å². The molecule has 0 spiro atoms. The van der Waals surface area contributed by atoms with Crippen LogP contribution in [0.1, 0.15) is 31.7 Å². The average molecular weight is 373 g/mol. The van der Waals surface area contributed by atoms with Gasteiger partial charge in [-0.3, -0.25) is 9.59 Å². The summed E-state index contributed by atoms with van der Waals surface area (Å²) < 4.78 is 44.3. The van der Waals surface area contributed by atoms with Gasteiger partial charge in [0.2, 0.25) is 5.91 Å². The van der Waals surface area contributed by atoms with Gasteiger partial charge in [0.05, 0.1) is 24.9 Å². The molecule has 144 valence electrons. The fraction of sp³-hybridized carbons (Fsp3) is 0.556. The van der Waals surface area contributed by atoms with Gasteiger partial charge in [0.15, 0.2) is 0 Å². The molecule has 5 nitrogen and oxygen atoms in total. The van der Waals surface area contributed by atoms with Crippen molar-refractivity contribution >= 4 is 11.9 Å². The number of ether oxygens (including phenoxy) is 1. The van der Waals surface area contributed by atoms with E-state index < -0.39 is 43.0 Å². The van der Waals surface area contributed by atoms with Crippen molar-refractivity contribution in [2.24, 2.45) is 11.8 Å². The van der Waals surface area contributed by atoms with E-state index in [-0.39, 0.29) is 13.0 Å². The minimum Gasteiger partial charge on any atom is -0.493 e. The van der Waals surface area contributed by atoms with E-state index >= 15 is 0 Å². The van der Waals surface area contributed by atoms with Crippen molar-refractivity contribution in [3.63, 3.8) is 0 Å². The zero-order valence-corrected chi connectivity index (χ0v) is 14.6. The summed E-state index contributed by atoms with van der Waals surface area (Å²) >= 11 is 0. The van der Waals surface area contributed by atoms with Crippen LogP contribution >= 0.6 is 0 Å². The zero-order valence-electron chi connectivity index (χ0n) is 14.6. The fourth-order valence-electron chi connectivity index (χ4n) is 2.95. The number of carboxylic acids is 1. The van der Waals surface area contributed by atoms with Gasteiger partial charge in [-0.25, -0.2) is 0 Å². The molecule has 1 aliphatic heterocycles. The van der Waals surface area contributed by atoms with Crippen LogP contribution in [-0.2, 0) is 9.59 Å². The second-order valence-electron chi connectivity index (χ2n) is 6.71. The van der Waals surface area contributed by atoms with E-state index in [0.717, 1.165) is 10.5 Å². The Bertz CT molecular complexity index is 643. The maximum atomic E-state index is 12.9. The first-order valence-corrected chi connectivity index (χ1v) is 8.39. The number of hydrogen-bond donors (Lipinski definition) is 1. The summed E-state index contributed by atoms with van der Waals surface area (Å²) in [6.07, 6.45) is -4.75. The molecule has 26 heavy (non-hydrogen) atoms. The van der Waals surface area contributed by atoms with E-state index in [1.54, 1.807) is 12.1 Å². The third-order valence-electron chi connectivity index (χ3n) is 4.54. The molecule has 1 N–H and O–H groups in total. The summed E-state index contributed by atoms with van der Waals surface area (Å²) in [5, 5.41) is 8.97. The normalized spacial score (nSPS) is 20.5. The van der Waals surface area contributed by atoms with Gasteiger partial charge in [-0.1, -0.05) is 26.0 Å². The molecule has 8 heteroatoms. The third-order valence-corrected chi connectivity index (χ3v) is 4.54. The summed E-state index contributed by atoms with van der Waals surface area (Å²) in [4.78, 5) is 24.1. The van der Waals surface area contributed by atoms with Crippen molar-refractivity contribution in [2.45, 2.75) is 32.4 Å². The molecule has 0 bridgehead atoms. The molecule has 1 fully saturated rings. The minimum absolute atomic E-state index is 0.0186. The second-order valence-corrected chi connectivity index (χ2v) is 6.71. The predicted octanol–water partition coefficient (Wildman–Crippen LogP) is 3.30. The molecule has 0 radical (unpaired) electrons. The van der Waals surface area contributed by atoms with Crippen molar-refractivity contribution < 1.29 is 32.6 Å². The van der Waals surface area contributed by atoms with Crippen LogP contribution in [0.25, 0.3) is 0 Å². The van der Waals surface area contributed by atoms with E-state index in [0.29, 0.717) is 11.7 Å². The Balaban J connectivity index is 1.87. The third kappa shape index (κ3) is 4.89. The first-order chi connectivity index (χ1) is 12.1. The lowest BCUT2D eigenvalue weighted by Crippen LogP contribution is -2.34. The van der Waals surface area contributed by atoms with Gasteiger partial charge in [-0.05, 0) is 23.6 Å². The number of carbonyl (C=O) groups excluding carboxylic acids is 1. The Morgan fingerprint density at radius 2 is 1.85 bits per heavy atom. The number of amides is 1. The molecule has 1 saturated heterocycles. The fourth-order valence-corrected chi connectivity index (χ4v) is 2.95. The molecule has 1 aliphatic rings. The van der Waals surface area contributed by atoms with Crippen LogP contribution in [0, 0.1) is 11.8 Å². The van der Waals surface area contributed by atoms with Crippen molar-refractivity contribution in [3.8, 4) is 5.75 Å². The number of likely N-dealkylation sites (tertiary alicyclic amines) is 1. The SMILES string of the molecule is CC(C)c1ccc(OCCC(=O)N2C[C@@H](C(F)(F)F)[C@H](C(=O)O)C2)cc1. The van der Waals surface area contributed by atoms with Crippen molar-refractivity contribution in [2.75, 3.05) is 19.7 Å². The molecule has 0 aliphatic carbocycles. The molecule has 1 heterocycles. The monoisotopic (exact) mass is 373 g/mol. The lowest BCUT2D eigenvalue weighted by molar-refractivity contribution is -0.188. The quantitative estimate of drug-likeness (QED) is 0.831. The number of rotatable bonds is 6. The Morgan fingerprint density at radius 1 is 1.23 bits per heavy atom. The molecule has 0 unspecified atom stereocenters. The maximum Gasteiger partial charge on any atom is 0.394 e. The highest BCUT2D eigenvalue weighted by molar-refractivity contribution is 5.79. The Morgan fingerprint density at radius 3 is 2.31 bits per heavy atom. The molecular weight excluding hydrogens is 351 g/mol. The summed E-state index contributed by atoms with van der Waals surface area (Å²) in [5.41, 5.74) is 1.14. The highest BCUT2D eigenvalue weighted by atomic mass is 19.4. The summed E-state index contributed by atoms with van der Waals surface area (Å²) in [6.45, 7) is 3.08. The van der Waals surface area contributed by atoms with Crippen LogP contribution in [0.3, 0.4) is 0 Å². The van der Waals surface area contributed by atoms with Gasteiger partial charge in [0, 0.05) is 13.1 Å². The topological polar surface area (TPSA) is 66.8 Å². The average Bonchev–Trinajstić information content (AvgIpc) is 3.01. The number of hydrogen-bond acceptors (Lipinski definition) is 3. The maximum absolute atomic E-state index is 12.9. The smallest absolute Gasteiger partial charge is 0.394 e. The molecule has 1 aromatic carbocycles. The van der Waals surface area contributed by atoms with E-state index in [1.807, 2.05) is 12.1 Å². The lowest BCUT2D eigenvalue weighted by Gasteiger charge is -2.18. The number of nitrogens with zero attached hydrogens (tertiary/aromatic N) is 1. The van der Waals surface area contributed by atoms with Crippen LogP contribution in [0.5, 0.6) is 5.75 Å². The Labute approximate surface area is 149 Å². The molecule has 2 rings (SSSR count). The molecule has 0 aromatic heterocycles. The van der Waals surface area contributed by atoms with Crippen LogP contribution in [-0.4, -0.2) is 47.8 Å². The molecule has 1 aromatic rings. The lowest BCUT2D eigenvalue weighted by atomic mass is 9.96. The Hall–Kier alpha value is -2.25. The molecular formula is C18H22F3NO4. The highest BCUT2D eigenvalue weighted by Gasteiger charge is 2.53. The van der Waals surface area contributed by atoms with Crippen LogP contribution in [0.2, 0.25) is 0 Å². The van der Waals surface area contributed by atoms with Gasteiger partial charge in [0.1, 0.15) is 5.75 Å². The molecule has 1 amide bonds. The zero-order chi connectivity index (χ0) is 19.5. The van der Waals surface area contributed by atoms with E-state index in [4.69, 9.17) is 9.84 Å². The largest absolute Gasteiger partial charge is 0.493 e. The molecule has 2 atom stereocenters. The number of halogens is 3. The van der Waals surface area contributed by atoms with E-state index in [1.165, 1.54) is 0 Å². The number of alkyl halides is 3. The van der Waals surface area contributed by atoms with Crippen molar-refractivity contribution in [3.05, 3.63) is 29.8 Å². The van der Waals surface area contributed by atoms with Crippen molar-refractivity contribution in [1.82, 2.24) is 4.90 Å². The second kappa shape index (κ2) is 7.97. The van der Waals surface area contributed by atoms with Crippen LogP contribution in [0.4, 0.5) is 13.2 Å². The van der Waals surface area contributed by atoms with Gasteiger partial charge < -0.3 is 14.7 Å². The predicted molar refractivity (Wildman–Crippen MR) is 87.9 cm³/mol. The Kier molecular flexibility index (Phi) is 6.15. The minimum atomic E-state index is -4.65. The van der Waals surface area contributed by atoms with Gasteiger partial charge >= 0.3 is 12.1 Å². The number of benzene rings is 1. The number of carbonyl (C=O) groups is 2. The summed E-state index contributed by atoms with van der Waals surface area (Å²) in [7, 11) is 0. The van der Waals surface area contributed by atoms with Crippen LogP contribution in [0.15, 0.2) is 24.3 Å². The summed E-state index contributed by atoms with van der Waals surface area (Å²) in [6, 6.07) is 7.37. The first-order valence-electron chi connectivity index (χ1n) is 8.39. The van der Waals surface area contributed by atoms with Gasteiger partial charge in [0.25, 0.3) is 0 Å². The van der Waals surface area contributed by atoms with Gasteiger partial charge in [-0.2, -0.15) is 13.2 Å². The van der Waals surface area contributed by atoms with E-state index in [2.05, 4.69) is 13.8 Å². The number of aliphatic carboxylic acids is 1. The number of carboxylic acid groups (broad SMARTS) is 1. The standard InChI is InChI=1S/C18H22F3NO4/c1-11(2)12-3-5-13(6-4-12)26-8-7-16(23)22-9-14(17(24)25)15(10-22)18(19,20)21/h3-6,11,14-15H,7-10H2,1-2H3,(H,24,25)/t14-,15-/m1/s1. The van der Waals surface area contributed by atoms with E-state index in [9.17, 15) is 22.8 Å². The molecule has 0 saturated carbocycles. The van der Waals surface area contributed by atoms with Crippen molar-refractivity contribution in [1.29, 1.82) is 0 Å².